The summed E-state index contributed by atoms with van der Waals surface area (Å²) in [5, 5.41) is 12.2. The van der Waals surface area contributed by atoms with Crippen molar-refractivity contribution < 1.29 is 9.90 Å². The number of rotatable bonds is 17. The quantitative estimate of drug-likeness (QED) is 0.206. The predicted molar refractivity (Wildman–Crippen MR) is 133 cm³/mol. The smallest absolute Gasteiger partial charge is 0.220 e. The van der Waals surface area contributed by atoms with Gasteiger partial charge in [0.25, 0.3) is 0 Å². The maximum Gasteiger partial charge on any atom is 0.220 e. The molecule has 3 heteroatoms. The molecule has 0 spiro atoms. The van der Waals surface area contributed by atoms with Crippen LogP contribution in [0.15, 0.2) is 72.9 Å². The normalized spacial score (nSPS) is 12.0. The molecule has 0 fully saturated rings. The fourth-order valence-electron chi connectivity index (χ4n) is 3.04. The molecule has 0 unspecified atom stereocenters. The van der Waals surface area contributed by atoms with Crippen LogP contribution >= 0.6 is 0 Å². The van der Waals surface area contributed by atoms with Gasteiger partial charge in [-0.25, -0.2) is 0 Å². The Bertz CT molecular complexity index is 683. The van der Waals surface area contributed by atoms with Crippen LogP contribution < -0.4 is 5.32 Å². The molecule has 0 saturated heterocycles. The number of nitrogens with one attached hydrogen (secondary N) is 1. The average molecular weight is 424 g/mol. The summed E-state index contributed by atoms with van der Waals surface area (Å²) in [4.78, 5) is 11.9. The second-order valence-corrected chi connectivity index (χ2v) is 7.75. The number of allylic oxidation sites excluding steroid dienone is 8. The molecule has 2 N–H and O–H groups in total. The molecule has 1 aromatic carbocycles. The van der Waals surface area contributed by atoms with Gasteiger partial charge < -0.3 is 10.4 Å². The van der Waals surface area contributed by atoms with Crippen molar-refractivity contribution in [2.75, 3.05) is 6.54 Å². The number of hydrogen-bond donors (Lipinski definition) is 2. The lowest BCUT2D eigenvalue weighted by atomic mass is 10.1. The van der Waals surface area contributed by atoms with Crippen LogP contribution in [0.4, 0.5) is 0 Å². The molecule has 170 valence electrons. The third-order valence-electron chi connectivity index (χ3n) is 4.90. The van der Waals surface area contributed by atoms with E-state index in [0.29, 0.717) is 13.0 Å². The van der Waals surface area contributed by atoms with Gasteiger partial charge in [-0.2, -0.15) is 0 Å². The van der Waals surface area contributed by atoms with Crippen LogP contribution in [-0.2, 0) is 11.2 Å². The SMILES string of the molecule is CCCCC/C=C\C/C=C\C/C=C\C/C=C\CCCC(=O)NCCc1ccc(O)cc1. The number of benzene rings is 1. The van der Waals surface area contributed by atoms with Crippen molar-refractivity contribution in [3.8, 4) is 5.75 Å². The van der Waals surface area contributed by atoms with Crippen molar-refractivity contribution >= 4 is 5.91 Å². The van der Waals surface area contributed by atoms with Crippen molar-refractivity contribution in [1.82, 2.24) is 5.32 Å². The van der Waals surface area contributed by atoms with Gasteiger partial charge in [0.1, 0.15) is 5.75 Å². The van der Waals surface area contributed by atoms with E-state index in [1.165, 1.54) is 25.7 Å². The molecular formula is C28H41NO2. The van der Waals surface area contributed by atoms with E-state index in [4.69, 9.17) is 0 Å². The van der Waals surface area contributed by atoms with Gasteiger partial charge >= 0.3 is 0 Å². The molecule has 0 aromatic heterocycles. The Morgan fingerprint density at radius 2 is 1.35 bits per heavy atom. The highest BCUT2D eigenvalue weighted by molar-refractivity contribution is 5.75. The lowest BCUT2D eigenvalue weighted by molar-refractivity contribution is -0.121. The van der Waals surface area contributed by atoms with E-state index in [9.17, 15) is 9.90 Å². The number of amides is 1. The number of carbonyl (C=O) groups is 1. The summed E-state index contributed by atoms with van der Waals surface area (Å²) in [6.07, 6.45) is 29.0. The van der Waals surface area contributed by atoms with E-state index < -0.39 is 0 Å². The van der Waals surface area contributed by atoms with Crippen LogP contribution in [0.2, 0.25) is 0 Å². The number of aromatic hydroxyl groups is 1. The van der Waals surface area contributed by atoms with Crippen LogP contribution in [-0.4, -0.2) is 17.6 Å². The van der Waals surface area contributed by atoms with Crippen LogP contribution in [0, 0.1) is 0 Å². The molecule has 0 aliphatic rings. The number of phenolic OH excluding ortho intramolecular Hbond substituents is 1. The van der Waals surface area contributed by atoms with Crippen molar-refractivity contribution in [3.63, 3.8) is 0 Å². The Balaban J connectivity index is 1.94. The average Bonchev–Trinajstić information content (AvgIpc) is 2.77. The molecule has 0 atom stereocenters. The second-order valence-electron chi connectivity index (χ2n) is 7.75. The second kappa shape index (κ2) is 19.4. The molecule has 1 aromatic rings. The third kappa shape index (κ3) is 16.9. The molecule has 0 aliphatic carbocycles. The molecule has 0 radical (unpaired) electrons. The van der Waals surface area contributed by atoms with Gasteiger partial charge in [-0.1, -0.05) is 80.5 Å². The van der Waals surface area contributed by atoms with E-state index in [1.54, 1.807) is 12.1 Å². The first-order valence-electron chi connectivity index (χ1n) is 11.9. The maximum absolute atomic E-state index is 11.9. The summed E-state index contributed by atoms with van der Waals surface area (Å²) in [6.45, 7) is 2.87. The first-order chi connectivity index (χ1) is 15.2. The minimum Gasteiger partial charge on any atom is -0.508 e. The molecule has 31 heavy (non-hydrogen) atoms. The Hall–Kier alpha value is -2.55. The molecule has 0 saturated carbocycles. The van der Waals surface area contributed by atoms with Crippen molar-refractivity contribution in [3.05, 3.63) is 78.4 Å². The summed E-state index contributed by atoms with van der Waals surface area (Å²) in [5.41, 5.74) is 1.11. The lowest BCUT2D eigenvalue weighted by Gasteiger charge is -2.05. The van der Waals surface area contributed by atoms with Gasteiger partial charge in [-0.05, 0) is 69.1 Å². The summed E-state index contributed by atoms with van der Waals surface area (Å²) in [6, 6.07) is 7.10. The molecule has 0 heterocycles. The molecule has 3 nitrogen and oxygen atoms in total. The predicted octanol–water partition coefficient (Wildman–Crippen LogP) is 7.20. The van der Waals surface area contributed by atoms with Gasteiger partial charge in [0.15, 0.2) is 0 Å². The van der Waals surface area contributed by atoms with E-state index in [0.717, 1.165) is 44.1 Å². The number of phenols is 1. The van der Waals surface area contributed by atoms with Gasteiger partial charge in [0.05, 0.1) is 0 Å². The largest absolute Gasteiger partial charge is 0.508 e. The highest BCUT2D eigenvalue weighted by Gasteiger charge is 2.00. The van der Waals surface area contributed by atoms with E-state index in [-0.39, 0.29) is 11.7 Å². The summed E-state index contributed by atoms with van der Waals surface area (Å²) in [7, 11) is 0. The summed E-state index contributed by atoms with van der Waals surface area (Å²) < 4.78 is 0. The standard InChI is InChI=1S/C28H41NO2/c1-2-3-4-5-6-7-8-9-10-11-12-13-14-15-16-17-18-19-28(31)29-25-24-26-20-22-27(30)23-21-26/h6-7,9-10,12-13,15-16,20-23,30H,2-5,8,11,14,17-19,24-25H2,1H3,(H,29,31)/b7-6-,10-9-,13-12-,16-15-. The topological polar surface area (TPSA) is 49.3 Å². The molecular weight excluding hydrogens is 382 g/mol. The zero-order valence-corrected chi connectivity index (χ0v) is 19.3. The van der Waals surface area contributed by atoms with Crippen LogP contribution in [0.3, 0.4) is 0 Å². The minimum absolute atomic E-state index is 0.106. The Morgan fingerprint density at radius 1 is 0.806 bits per heavy atom. The van der Waals surface area contributed by atoms with E-state index in [1.807, 2.05) is 12.1 Å². The maximum atomic E-state index is 11.9. The number of carbonyl (C=O) groups excluding carboxylic acids is 1. The monoisotopic (exact) mass is 423 g/mol. The highest BCUT2D eigenvalue weighted by atomic mass is 16.3. The zero-order chi connectivity index (χ0) is 22.4. The Labute approximate surface area is 189 Å². The van der Waals surface area contributed by atoms with Crippen molar-refractivity contribution in [1.29, 1.82) is 0 Å². The van der Waals surface area contributed by atoms with Crippen LogP contribution in [0.25, 0.3) is 0 Å². The Morgan fingerprint density at radius 3 is 1.94 bits per heavy atom. The summed E-state index contributed by atoms with van der Waals surface area (Å²) >= 11 is 0. The first-order valence-corrected chi connectivity index (χ1v) is 11.9. The molecule has 0 bridgehead atoms. The van der Waals surface area contributed by atoms with Gasteiger partial charge in [-0.3, -0.25) is 4.79 Å². The molecule has 1 rings (SSSR count). The third-order valence-corrected chi connectivity index (χ3v) is 4.90. The molecule has 1 amide bonds. The van der Waals surface area contributed by atoms with Gasteiger partial charge in [0, 0.05) is 13.0 Å². The Kier molecular flexibility index (Phi) is 16.6. The first kappa shape index (κ1) is 26.5. The van der Waals surface area contributed by atoms with E-state index >= 15 is 0 Å². The van der Waals surface area contributed by atoms with E-state index in [2.05, 4.69) is 60.8 Å². The van der Waals surface area contributed by atoms with Crippen LogP contribution in [0.1, 0.15) is 76.7 Å². The van der Waals surface area contributed by atoms with Gasteiger partial charge in [0.2, 0.25) is 5.91 Å². The molecule has 0 aliphatic heterocycles. The van der Waals surface area contributed by atoms with Gasteiger partial charge in [-0.15, -0.1) is 0 Å². The van der Waals surface area contributed by atoms with Crippen molar-refractivity contribution in [2.45, 2.75) is 77.6 Å². The van der Waals surface area contributed by atoms with Crippen LogP contribution in [0.5, 0.6) is 5.75 Å². The fraction of sp³-hybridized carbons (Fsp3) is 0.464. The van der Waals surface area contributed by atoms with Crippen molar-refractivity contribution in [2.24, 2.45) is 0 Å². The lowest BCUT2D eigenvalue weighted by Crippen LogP contribution is -2.25. The highest BCUT2D eigenvalue weighted by Crippen LogP contribution is 2.09. The zero-order valence-electron chi connectivity index (χ0n) is 19.3. The number of unbranched alkanes of at least 4 members (excludes halogenated alkanes) is 4. The minimum atomic E-state index is 0.106. The fourth-order valence-corrected chi connectivity index (χ4v) is 3.04. The number of hydrogen-bond acceptors (Lipinski definition) is 2. The summed E-state index contributed by atoms with van der Waals surface area (Å²) in [5.74, 6) is 0.374.